The highest BCUT2D eigenvalue weighted by molar-refractivity contribution is 5.39. The van der Waals surface area contributed by atoms with Crippen LogP contribution in [0.1, 0.15) is 6.92 Å². The van der Waals surface area contributed by atoms with Crippen molar-refractivity contribution in [3.05, 3.63) is 48.7 Å². The molecule has 0 fully saturated rings. The second-order valence-corrected chi connectivity index (χ2v) is 4.18. The summed E-state index contributed by atoms with van der Waals surface area (Å²) >= 11 is 0. The number of pyridine rings is 1. The van der Waals surface area contributed by atoms with Crippen LogP contribution in [0.15, 0.2) is 48.7 Å². The van der Waals surface area contributed by atoms with Crippen LogP contribution in [0.5, 0.6) is 11.5 Å². The molecule has 1 N–H and O–H groups in total. The van der Waals surface area contributed by atoms with E-state index in [0.717, 1.165) is 17.3 Å². The van der Waals surface area contributed by atoms with Crippen molar-refractivity contribution in [2.75, 3.05) is 19.0 Å². The second kappa shape index (κ2) is 6.64. The zero-order chi connectivity index (χ0) is 13.5. The molecule has 0 aliphatic carbocycles. The number of hydrogen-bond donors (Lipinski definition) is 1. The first-order valence-corrected chi connectivity index (χ1v) is 6.24. The summed E-state index contributed by atoms with van der Waals surface area (Å²) in [5, 5.41) is 3.23. The Balaban J connectivity index is 1.89. The molecule has 100 valence electrons. The second-order valence-electron chi connectivity index (χ2n) is 4.18. The molecule has 1 aromatic heterocycles. The van der Waals surface area contributed by atoms with E-state index in [1.165, 1.54) is 0 Å². The van der Waals surface area contributed by atoms with Gasteiger partial charge in [-0.15, -0.1) is 0 Å². The molecule has 4 nitrogen and oxygen atoms in total. The van der Waals surface area contributed by atoms with E-state index in [0.29, 0.717) is 6.54 Å². The van der Waals surface area contributed by atoms with Crippen LogP contribution >= 0.6 is 0 Å². The Morgan fingerprint density at radius 1 is 1.11 bits per heavy atom. The van der Waals surface area contributed by atoms with Crippen molar-refractivity contribution in [1.82, 2.24) is 4.98 Å². The molecule has 0 unspecified atom stereocenters. The van der Waals surface area contributed by atoms with E-state index < -0.39 is 0 Å². The lowest BCUT2D eigenvalue weighted by Crippen LogP contribution is -2.23. The summed E-state index contributed by atoms with van der Waals surface area (Å²) in [5.74, 6) is 2.34. The Kier molecular flexibility index (Phi) is 4.61. The van der Waals surface area contributed by atoms with Gasteiger partial charge in [-0.05, 0) is 31.2 Å². The number of rotatable bonds is 6. The molecule has 1 heterocycles. The van der Waals surface area contributed by atoms with Crippen molar-refractivity contribution in [3.63, 3.8) is 0 Å². The predicted molar refractivity (Wildman–Crippen MR) is 75.8 cm³/mol. The fourth-order valence-electron chi connectivity index (χ4n) is 1.69. The van der Waals surface area contributed by atoms with Gasteiger partial charge in [0.2, 0.25) is 0 Å². The largest absolute Gasteiger partial charge is 0.493 e. The van der Waals surface area contributed by atoms with Crippen molar-refractivity contribution in [2.24, 2.45) is 0 Å². The smallest absolute Gasteiger partial charge is 0.161 e. The Bertz CT molecular complexity index is 503. The van der Waals surface area contributed by atoms with Crippen molar-refractivity contribution in [1.29, 1.82) is 0 Å². The molecule has 0 amide bonds. The van der Waals surface area contributed by atoms with Gasteiger partial charge in [0.1, 0.15) is 11.9 Å². The summed E-state index contributed by atoms with van der Waals surface area (Å²) in [6.07, 6.45) is 1.77. The van der Waals surface area contributed by atoms with Gasteiger partial charge in [0, 0.05) is 6.20 Å². The van der Waals surface area contributed by atoms with Gasteiger partial charge < -0.3 is 14.8 Å². The SMILES string of the molecule is COc1ccccc1O[C@@H](C)CNc1ccccn1. The Hall–Kier alpha value is -2.23. The topological polar surface area (TPSA) is 43.4 Å². The number of aromatic nitrogens is 1. The molecule has 19 heavy (non-hydrogen) atoms. The van der Waals surface area contributed by atoms with Crippen molar-refractivity contribution in [3.8, 4) is 11.5 Å². The number of benzene rings is 1. The Labute approximate surface area is 113 Å². The fourth-order valence-corrected chi connectivity index (χ4v) is 1.69. The normalized spacial score (nSPS) is 11.7. The molecule has 0 radical (unpaired) electrons. The third kappa shape index (κ3) is 3.88. The third-order valence-electron chi connectivity index (χ3n) is 2.63. The number of nitrogens with zero attached hydrogens (tertiary/aromatic N) is 1. The van der Waals surface area contributed by atoms with Crippen LogP contribution in [-0.2, 0) is 0 Å². The van der Waals surface area contributed by atoms with Crippen molar-refractivity contribution >= 4 is 5.82 Å². The van der Waals surface area contributed by atoms with Crippen LogP contribution in [0, 0.1) is 0 Å². The first kappa shape index (κ1) is 13.2. The number of hydrogen-bond acceptors (Lipinski definition) is 4. The summed E-state index contributed by atoms with van der Waals surface area (Å²) in [6, 6.07) is 13.4. The minimum absolute atomic E-state index is 0.0123. The molecule has 0 aliphatic heterocycles. The monoisotopic (exact) mass is 258 g/mol. The van der Waals surface area contributed by atoms with Crippen LogP contribution in [0.4, 0.5) is 5.82 Å². The third-order valence-corrected chi connectivity index (χ3v) is 2.63. The van der Waals surface area contributed by atoms with Gasteiger partial charge >= 0.3 is 0 Å². The average Bonchev–Trinajstić information content (AvgIpc) is 2.47. The van der Waals surface area contributed by atoms with E-state index >= 15 is 0 Å². The van der Waals surface area contributed by atoms with Crippen molar-refractivity contribution < 1.29 is 9.47 Å². The number of methoxy groups -OCH3 is 1. The quantitative estimate of drug-likeness (QED) is 0.865. The minimum atomic E-state index is 0.0123. The molecule has 0 bridgehead atoms. The van der Waals surface area contributed by atoms with Gasteiger partial charge in [-0.25, -0.2) is 4.98 Å². The van der Waals surface area contributed by atoms with Crippen LogP contribution in [-0.4, -0.2) is 24.7 Å². The highest BCUT2D eigenvalue weighted by Gasteiger charge is 2.08. The van der Waals surface area contributed by atoms with Crippen LogP contribution in [0.2, 0.25) is 0 Å². The maximum atomic E-state index is 5.84. The lowest BCUT2D eigenvalue weighted by atomic mass is 10.3. The average molecular weight is 258 g/mol. The van der Waals surface area contributed by atoms with Crippen LogP contribution in [0.3, 0.4) is 0 Å². The lowest BCUT2D eigenvalue weighted by molar-refractivity contribution is 0.223. The zero-order valence-corrected chi connectivity index (χ0v) is 11.2. The van der Waals surface area contributed by atoms with Crippen molar-refractivity contribution in [2.45, 2.75) is 13.0 Å². The fraction of sp³-hybridized carbons (Fsp3) is 0.267. The maximum Gasteiger partial charge on any atom is 0.161 e. The highest BCUT2D eigenvalue weighted by atomic mass is 16.5. The summed E-state index contributed by atoms with van der Waals surface area (Å²) in [7, 11) is 1.64. The zero-order valence-electron chi connectivity index (χ0n) is 11.2. The molecule has 1 atom stereocenters. The van der Waals surface area contributed by atoms with E-state index in [4.69, 9.17) is 9.47 Å². The van der Waals surface area contributed by atoms with Gasteiger partial charge in [-0.2, -0.15) is 0 Å². The maximum absolute atomic E-state index is 5.84. The summed E-state index contributed by atoms with van der Waals surface area (Å²) in [5.41, 5.74) is 0. The van der Waals surface area contributed by atoms with Gasteiger partial charge in [0.05, 0.1) is 13.7 Å². The molecule has 0 aliphatic rings. The highest BCUT2D eigenvalue weighted by Crippen LogP contribution is 2.26. The Morgan fingerprint density at radius 3 is 2.53 bits per heavy atom. The van der Waals surface area contributed by atoms with E-state index in [1.54, 1.807) is 13.3 Å². The van der Waals surface area contributed by atoms with Gasteiger partial charge in [0.25, 0.3) is 0 Å². The summed E-state index contributed by atoms with van der Waals surface area (Å²) in [4.78, 5) is 4.20. The standard InChI is InChI=1S/C15H18N2O2/c1-12(11-17-15-9-5-6-10-16-15)19-14-8-4-3-7-13(14)18-2/h3-10,12H,11H2,1-2H3,(H,16,17)/t12-/m0/s1. The molecule has 0 saturated carbocycles. The number of nitrogens with one attached hydrogen (secondary N) is 1. The molecular weight excluding hydrogens is 240 g/mol. The number of para-hydroxylation sites is 2. The van der Waals surface area contributed by atoms with Gasteiger partial charge in [-0.1, -0.05) is 18.2 Å². The van der Waals surface area contributed by atoms with Gasteiger partial charge in [-0.3, -0.25) is 0 Å². The first-order valence-electron chi connectivity index (χ1n) is 6.24. The summed E-state index contributed by atoms with van der Waals surface area (Å²) in [6.45, 7) is 2.68. The van der Waals surface area contributed by atoms with Crippen LogP contribution < -0.4 is 14.8 Å². The lowest BCUT2D eigenvalue weighted by Gasteiger charge is -2.17. The summed E-state index contributed by atoms with van der Waals surface area (Å²) < 4.78 is 11.1. The molecule has 0 spiro atoms. The number of anilines is 1. The minimum Gasteiger partial charge on any atom is -0.493 e. The molecule has 2 rings (SSSR count). The number of ether oxygens (including phenoxy) is 2. The Morgan fingerprint density at radius 2 is 1.84 bits per heavy atom. The predicted octanol–water partition coefficient (Wildman–Crippen LogP) is 2.97. The van der Waals surface area contributed by atoms with Gasteiger partial charge in [0.15, 0.2) is 11.5 Å². The van der Waals surface area contributed by atoms with E-state index in [-0.39, 0.29) is 6.10 Å². The first-order chi connectivity index (χ1) is 9.29. The molecular formula is C15H18N2O2. The van der Waals surface area contributed by atoms with Crippen LogP contribution in [0.25, 0.3) is 0 Å². The molecule has 4 heteroatoms. The molecule has 1 aromatic carbocycles. The van der Waals surface area contributed by atoms with E-state index in [9.17, 15) is 0 Å². The molecule has 2 aromatic rings. The molecule has 0 saturated heterocycles. The van der Waals surface area contributed by atoms with E-state index in [2.05, 4.69) is 10.3 Å². The van der Waals surface area contributed by atoms with E-state index in [1.807, 2.05) is 49.4 Å².